The van der Waals surface area contributed by atoms with Gasteiger partial charge in [-0.15, -0.1) is 0 Å². The van der Waals surface area contributed by atoms with E-state index < -0.39 is 0 Å². The Morgan fingerprint density at radius 2 is 1.96 bits per heavy atom. The minimum atomic E-state index is -0.0430. The lowest BCUT2D eigenvalue weighted by atomic mass is 10.2. The average Bonchev–Trinajstić information content (AvgIpc) is 2.91. The Balaban J connectivity index is 1.98. The standard InChI is InChI=1S/C21H22N2O2S/c1-4-15(3)23-20(25)19(13-16-6-5-7-18(24)12-16)26-21(23)22-17-10-8-14(2)9-11-17/h5-13,15,24H,4H2,1-3H3/b19-13+,22-21?/t15-/m1/s1. The zero-order chi connectivity index (χ0) is 18.7. The number of phenolic OH excluding ortho intramolecular Hbond substituents is 1. The van der Waals surface area contributed by atoms with Crippen LogP contribution in [0.3, 0.4) is 0 Å². The smallest absolute Gasteiger partial charge is 0.266 e. The quantitative estimate of drug-likeness (QED) is 0.766. The zero-order valence-corrected chi connectivity index (χ0v) is 16.0. The second-order valence-electron chi connectivity index (χ2n) is 6.37. The first-order valence-electron chi connectivity index (χ1n) is 8.65. The molecule has 0 spiro atoms. The summed E-state index contributed by atoms with van der Waals surface area (Å²) in [4.78, 5) is 20.0. The number of carbonyl (C=O) groups is 1. The van der Waals surface area contributed by atoms with Crippen molar-refractivity contribution in [3.63, 3.8) is 0 Å². The second kappa shape index (κ2) is 7.79. The molecule has 0 bridgehead atoms. The molecule has 26 heavy (non-hydrogen) atoms. The highest BCUT2D eigenvalue weighted by Crippen LogP contribution is 2.36. The number of thioether (sulfide) groups is 1. The first kappa shape index (κ1) is 18.3. The number of rotatable bonds is 4. The molecular formula is C21H22N2O2S. The Hall–Kier alpha value is -2.53. The molecule has 1 heterocycles. The topological polar surface area (TPSA) is 52.9 Å². The molecule has 0 saturated carbocycles. The lowest BCUT2D eigenvalue weighted by molar-refractivity contribution is -0.123. The highest BCUT2D eigenvalue weighted by Gasteiger charge is 2.36. The Morgan fingerprint density at radius 1 is 1.23 bits per heavy atom. The van der Waals surface area contributed by atoms with E-state index in [1.807, 2.05) is 44.2 Å². The summed E-state index contributed by atoms with van der Waals surface area (Å²) >= 11 is 1.38. The number of carbonyl (C=O) groups excluding carboxylic acids is 1. The third-order valence-electron chi connectivity index (χ3n) is 4.30. The highest BCUT2D eigenvalue weighted by atomic mass is 32.2. The Kier molecular flexibility index (Phi) is 5.47. The van der Waals surface area contributed by atoms with Crippen LogP contribution < -0.4 is 0 Å². The SMILES string of the molecule is CC[C@@H](C)N1C(=O)/C(=C\c2cccc(O)c2)SC1=Nc1ccc(C)cc1. The van der Waals surface area contributed by atoms with Crippen molar-refractivity contribution >= 4 is 34.6 Å². The van der Waals surface area contributed by atoms with E-state index in [1.54, 1.807) is 29.2 Å². The molecule has 0 unspecified atom stereocenters. The van der Waals surface area contributed by atoms with Crippen molar-refractivity contribution in [2.75, 3.05) is 0 Å². The highest BCUT2D eigenvalue weighted by molar-refractivity contribution is 8.18. The van der Waals surface area contributed by atoms with Crippen LogP contribution >= 0.6 is 11.8 Å². The number of aliphatic imine (C=N–C) groups is 1. The molecule has 5 heteroatoms. The molecule has 1 fully saturated rings. The summed E-state index contributed by atoms with van der Waals surface area (Å²) < 4.78 is 0. The number of amidine groups is 1. The molecule has 1 aliphatic rings. The summed E-state index contributed by atoms with van der Waals surface area (Å²) in [5.74, 6) is 0.140. The van der Waals surface area contributed by atoms with Gasteiger partial charge in [-0.2, -0.15) is 0 Å². The minimum Gasteiger partial charge on any atom is -0.508 e. The van der Waals surface area contributed by atoms with Crippen LogP contribution in [0.15, 0.2) is 58.4 Å². The number of phenols is 1. The molecule has 1 saturated heterocycles. The molecule has 2 aromatic rings. The van der Waals surface area contributed by atoms with Crippen LogP contribution in [0.25, 0.3) is 6.08 Å². The lowest BCUT2D eigenvalue weighted by Gasteiger charge is -2.22. The third-order valence-corrected chi connectivity index (χ3v) is 5.28. The van der Waals surface area contributed by atoms with Gasteiger partial charge in [0, 0.05) is 6.04 Å². The number of benzene rings is 2. The van der Waals surface area contributed by atoms with Gasteiger partial charge in [-0.25, -0.2) is 4.99 Å². The summed E-state index contributed by atoms with van der Waals surface area (Å²) in [6.07, 6.45) is 2.65. The summed E-state index contributed by atoms with van der Waals surface area (Å²) in [7, 11) is 0. The van der Waals surface area contributed by atoms with Crippen LogP contribution in [-0.2, 0) is 4.79 Å². The largest absolute Gasteiger partial charge is 0.508 e. The van der Waals surface area contributed by atoms with Crippen LogP contribution in [-0.4, -0.2) is 27.1 Å². The van der Waals surface area contributed by atoms with Crippen LogP contribution in [0.4, 0.5) is 5.69 Å². The van der Waals surface area contributed by atoms with E-state index >= 15 is 0 Å². The second-order valence-corrected chi connectivity index (χ2v) is 7.38. The molecule has 1 N–H and O–H groups in total. The fourth-order valence-electron chi connectivity index (χ4n) is 2.63. The molecule has 0 aliphatic carbocycles. The van der Waals surface area contributed by atoms with E-state index in [1.165, 1.54) is 17.3 Å². The monoisotopic (exact) mass is 366 g/mol. The van der Waals surface area contributed by atoms with Crippen LogP contribution in [0, 0.1) is 6.92 Å². The van der Waals surface area contributed by atoms with Gasteiger partial charge in [-0.1, -0.05) is 36.8 Å². The van der Waals surface area contributed by atoms with Gasteiger partial charge >= 0.3 is 0 Å². The summed E-state index contributed by atoms with van der Waals surface area (Å²) in [6.45, 7) is 6.12. The van der Waals surface area contributed by atoms with E-state index in [9.17, 15) is 9.90 Å². The van der Waals surface area contributed by atoms with Crippen LogP contribution in [0.5, 0.6) is 5.75 Å². The molecule has 0 aromatic heterocycles. The number of hydrogen-bond donors (Lipinski definition) is 1. The fraction of sp³-hybridized carbons (Fsp3) is 0.238. The molecule has 1 aliphatic heterocycles. The predicted molar refractivity (Wildman–Crippen MR) is 109 cm³/mol. The summed E-state index contributed by atoms with van der Waals surface area (Å²) in [5, 5.41) is 10.3. The van der Waals surface area contributed by atoms with Crippen molar-refractivity contribution in [1.82, 2.24) is 4.90 Å². The lowest BCUT2D eigenvalue weighted by Crippen LogP contribution is -2.36. The van der Waals surface area contributed by atoms with Crippen LogP contribution in [0.1, 0.15) is 31.4 Å². The van der Waals surface area contributed by atoms with E-state index in [0.29, 0.717) is 10.1 Å². The average molecular weight is 366 g/mol. The summed E-state index contributed by atoms with van der Waals surface area (Å²) in [5.41, 5.74) is 2.80. The first-order chi connectivity index (χ1) is 12.5. The van der Waals surface area contributed by atoms with Gasteiger partial charge in [0.1, 0.15) is 5.75 Å². The molecule has 2 aromatic carbocycles. The molecule has 134 valence electrons. The van der Waals surface area contributed by atoms with Gasteiger partial charge < -0.3 is 5.11 Å². The van der Waals surface area contributed by atoms with E-state index in [0.717, 1.165) is 17.7 Å². The molecule has 1 atom stereocenters. The van der Waals surface area contributed by atoms with Gasteiger partial charge in [0.15, 0.2) is 5.17 Å². The maximum atomic E-state index is 12.9. The maximum absolute atomic E-state index is 12.9. The van der Waals surface area contributed by atoms with Crippen LogP contribution in [0.2, 0.25) is 0 Å². The van der Waals surface area contributed by atoms with E-state index in [4.69, 9.17) is 4.99 Å². The Morgan fingerprint density at radius 3 is 2.62 bits per heavy atom. The van der Waals surface area contributed by atoms with Gasteiger partial charge in [-0.3, -0.25) is 9.69 Å². The number of aromatic hydroxyl groups is 1. The van der Waals surface area contributed by atoms with Gasteiger partial charge in [0.2, 0.25) is 0 Å². The fourth-order valence-corrected chi connectivity index (χ4v) is 3.72. The molecule has 0 radical (unpaired) electrons. The van der Waals surface area contributed by atoms with Crippen molar-refractivity contribution in [2.24, 2.45) is 4.99 Å². The number of amides is 1. The zero-order valence-electron chi connectivity index (χ0n) is 15.1. The van der Waals surface area contributed by atoms with Crippen molar-refractivity contribution in [2.45, 2.75) is 33.2 Å². The van der Waals surface area contributed by atoms with E-state index in [2.05, 4.69) is 6.92 Å². The summed E-state index contributed by atoms with van der Waals surface area (Å²) in [6, 6.07) is 14.9. The molecule has 3 rings (SSSR count). The van der Waals surface area contributed by atoms with Gasteiger partial charge in [0.25, 0.3) is 5.91 Å². The molecular weight excluding hydrogens is 344 g/mol. The number of hydrogen-bond acceptors (Lipinski definition) is 4. The van der Waals surface area contributed by atoms with Gasteiger partial charge in [0.05, 0.1) is 10.6 Å². The molecule has 4 nitrogen and oxygen atoms in total. The number of aryl methyl sites for hydroxylation is 1. The number of nitrogens with zero attached hydrogens (tertiary/aromatic N) is 2. The van der Waals surface area contributed by atoms with Gasteiger partial charge in [-0.05, 0) is 67.9 Å². The maximum Gasteiger partial charge on any atom is 0.266 e. The Bertz CT molecular complexity index is 872. The third kappa shape index (κ3) is 3.99. The normalized spacial score (nSPS) is 18.7. The van der Waals surface area contributed by atoms with Crippen molar-refractivity contribution in [3.05, 3.63) is 64.6 Å². The minimum absolute atomic E-state index is 0.0430. The van der Waals surface area contributed by atoms with E-state index in [-0.39, 0.29) is 17.7 Å². The van der Waals surface area contributed by atoms with Crippen molar-refractivity contribution < 1.29 is 9.90 Å². The predicted octanol–water partition coefficient (Wildman–Crippen LogP) is 5.10. The Labute approximate surface area is 158 Å². The van der Waals surface area contributed by atoms with Crippen molar-refractivity contribution in [3.8, 4) is 5.75 Å². The molecule has 1 amide bonds. The van der Waals surface area contributed by atoms with Crippen molar-refractivity contribution in [1.29, 1.82) is 0 Å². The first-order valence-corrected chi connectivity index (χ1v) is 9.47.